The zero-order chi connectivity index (χ0) is 16.1. The van der Waals surface area contributed by atoms with Crippen LogP contribution in [0.1, 0.15) is 15.9 Å². The van der Waals surface area contributed by atoms with Gasteiger partial charge in [-0.2, -0.15) is 5.10 Å². The van der Waals surface area contributed by atoms with Crippen LogP contribution in [0.2, 0.25) is 10.0 Å². The smallest absolute Gasteiger partial charge is 0.271 e. The predicted octanol–water partition coefficient (Wildman–Crippen LogP) is 3.47. The fraction of sp³-hybridized carbons (Fsp3) is 0.0667. The Kier molecular flexibility index (Phi) is 5.25. The number of aromatic hydroxyl groups is 1. The normalized spacial score (nSPS) is 10.7. The van der Waals surface area contributed by atoms with Gasteiger partial charge in [0, 0.05) is 11.1 Å². The summed E-state index contributed by atoms with van der Waals surface area (Å²) in [6.45, 7) is 0. The molecule has 1 amide bonds. The molecule has 114 valence electrons. The minimum atomic E-state index is -0.447. The first-order chi connectivity index (χ1) is 10.5. The number of nitrogens with one attached hydrogen (secondary N) is 1. The summed E-state index contributed by atoms with van der Waals surface area (Å²) in [5, 5.41) is 14.3. The number of halogens is 2. The number of amides is 1. The van der Waals surface area contributed by atoms with Crippen molar-refractivity contribution in [2.24, 2.45) is 5.10 Å². The van der Waals surface area contributed by atoms with Crippen molar-refractivity contribution in [2.75, 3.05) is 7.11 Å². The van der Waals surface area contributed by atoms with Crippen molar-refractivity contribution in [3.63, 3.8) is 0 Å². The summed E-state index contributed by atoms with van der Waals surface area (Å²) >= 11 is 11.6. The Balaban J connectivity index is 2.09. The largest absolute Gasteiger partial charge is 0.504 e. The Morgan fingerprint density at radius 3 is 2.73 bits per heavy atom. The van der Waals surface area contributed by atoms with Gasteiger partial charge in [-0.25, -0.2) is 5.43 Å². The van der Waals surface area contributed by atoms with Crippen molar-refractivity contribution in [2.45, 2.75) is 0 Å². The van der Waals surface area contributed by atoms with E-state index in [0.717, 1.165) is 0 Å². The molecular weight excluding hydrogens is 327 g/mol. The maximum Gasteiger partial charge on any atom is 0.271 e. The van der Waals surface area contributed by atoms with Gasteiger partial charge in [0.1, 0.15) is 0 Å². The Morgan fingerprint density at radius 1 is 1.27 bits per heavy atom. The number of carbonyl (C=O) groups excluding carboxylic acids is 1. The lowest BCUT2D eigenvalue weighted by molar-refractivity contribution is 0.0955. The number of carbonyl (C=O) groups is 1. The second-order valence-corrected chi connectivity index (χ2v) is 5.04. The van der Waals surface area contributed by atoms with Gasteiger partial charge in [-0.05, 0) is 30.3 Å². The van der Waals surface area contributed by atoms with Gasteiger partial charge in [-0.15, -0.1) is 0 Å². The molecule has 0 saturated heterocycles. The Morgan fingerprint density at radius 2 is 2.05 bits per heavy atom. The Labute approximate surface area is 137 Å². The second kappa shape index (κ2) is 7.15. The minimum Gasteiger partial charge on any atom is -0.504 e. The number of phenolic OH excluding ortho intramolecular Hbond substituents is 1. The molecule has 0 fully saturated rings. The number of nitrogens with zero attached hydrogens (tertiary/aromatic N) is 1. The lowest BCUT2D eigenvalue weighted by atomic mass is 10.2. The van der Waals surface area contributed by atoms with E-state index in [-0.39, 0.29) is 10.8 Å². The van der Waals surface area contributed by atoms with Gasteiger partial charge in [-0.3, -0.25) is 4.79 Å². The third-order valence-electron chi connectivity index (χ3n) is 2.80. The van der Waals surface area contributed by atoms with Gasteiger partial charge < -0.3 is 9.84 Å². The first-order valence-electron chi connectivity index (χ1n) is 6.17. The maximum absolute atomic E-state index is 11.9. The van der Waals surface area contributed by atoms with Crippen LogP contribution in [0.25, 0.3) is 0 Å². The monoisotopic (exact) mass is 338 g/mol. The molecule has 0 unspecified atom stereocenters. The molecule has 0 bridgehead atoms. The van der Waals surface area contributed by atoms with Gasteiger partial charge in [0.05, 0.1) is 23.4 Å². The number of hydrazone groups is 1. The van der Waals surface area contributed by atoms with Crippen LogP contribution in [0.15, 0.2) is 41.5 Å². The van der Waals surface area contributed by atoms with Gasteiger partial charge in [0.15, 0.2) is 11.5 Å². The van der Waals surface area contributed by atoms with Crippen LogP contribution in [0.4, 0.5) is 0 Å². The second-order valence-electron chi connectivity index (χ2n) is 4.23. The number of methoxy groups -OCH3 is 1. The molecule has 22 heavy (non-hydrogen) atoms. The van der Waals surface area contributed by atoms with Crippen LogP contribution in [-0.4, -0.2) is 24.3 Å². The fourth-order valence-corrected chi connectivity index (χ4v) is 1.97. The molecular formula is C15H12Cl2N2O3. The van der Waals surface area contributed by atoms with Crippen molar-refractivity contribution >= 4 is 35.3 Å². The molecule has 0 spiro atoms. The minimum absolute atomic E-state index is 0.0578. The highest BCUT2D eigenvalue weighted by Gasteiger charge is 2.08. The highest BCUT2D eigenvalue weighted by Crippen LogP contribution is 2.28. The quantitative estimate of drug-likeness (QED) is 0.662. The van der Waals surface area contributed by atoms with E-state index in [1.165, 1.54) is 31.5 Å². The first-order valence-corrected chi connectivity index (χ1v) is 6.93. The van der Waals surface area contributed by atoms with E-state index < -0.39 is 5.91 Å². The summed E-state index contributed by atoms with van der Waals surface area (Å²) in [4.78, 5) is 11.9. The molecule has 0 saturated carbocycles. The highest BCUT2D eigenvalue weighted by molar-refractivity contribution is 6.42. The topological polar surface area (TPSA) is 70.9 Å². The van der Waals surface area contributed by atoms with Crippen molar-refractivity contribution in [1.29, 1.82) is 0 Å². The van der Waals surface area contributed by atoms with Crippen molar-refractivity contribution in [3.05, 3.63) is 57.6 Å². The summed E-state index contributed by atoms with van der Waals surface area (Å²) in [6.07, 6.45) is 1.31. The highest BCUT2D eigenvalue weighted by atomic mass is 35.5. The van der Waals surface area contributed by atoms with Crippen molar-refractivity contribution < 1.29 is 14.6 Å². The maximum atomic E-state index is 11.9. The summed E-state index contributed by atoms with van der Waals surface area (Å²) in [5.41, 5.74) is 3.07. The van der Waals surface area contributed by atoms with Crippen LogP contribution < -0.4 is 10.2 Å². The molecule has 0 aliphatic carbocycles. The van der Waals surface area contributed by atoms with E-state index in [1.54, 1.807) is 18.2 Å². The zero-order valence-electron chi connectivity index (χ0n) is 11.5. The zero-order valence-corrected chi connectivity index (χ0v) is 13.0. The number of ether oxygens (including phenoxy) is 1. The summed E-state index contributed by atoms with van der Waals surface area (Å²) < 4.78 is 4.98. The first kappa shape index (κ1) is 16.1. The Hall–Kier alpha value is -2.24. The van der Waals surface area contributed by atoms with Crippen LogP contribution in [0, 0.1) is 0 Å². The SMILES string of the molecule is COc1cccc(/C=N/NC(=O)c2ccc(Cl)c(Cl)c2)c1O. The number of para-hydroxylation sites is 1. The molecule has 0 heterocycles. The molecule has 0 aromatic heterocycles. The van der Waals surface area contributed by atoms with Gasteiger partial charge >= 0.3 is 0 Å². The average Bonchev–Trinajstić information content (AvgIpc) is 2.51. The molecule has 5 nitrogen and oxygen atoms in total. The van der Waals surface area contributed by atoms with Crippen LogP contribution in [0.3, 0.4) is 0 Å². The molecule has 2 aromatic carbocycles. The molecule has 2 rings (SSSR count). The van der Waals surface area contributed by atoms with Crippen LogP contribution >= 0.6 is 23.2 Å². The third-order valence-corrected chi connectivity index (χ3v) is 3.54. The van der Waals surface area contributed by atoms with Crippen LogP contribution in [0.5, 0.6) is 11.5 Å². The van der Waals surface area contributed by atoms with Crippen molar-refractivity contribution in [1.82, 2.24) is 5.43 Å². The van der Waals surface area contributed by atoms with E-state index >= 15 is 0 Å². The molecule has 0 aliphatic rings. The standard InChI is InChI=1S/C15H12Cl2N2O3/c1-22-13-4-2-3-10(14(13)20)8-18-19-15(21)9-5-6-11(16)12(17)7-9/h2-8,20H,1H3,(H,19,21)/b18-8+. The van der Waals surface area contributed by atoms with E-state index in [0.29, 0.717) is 21.9 Å². The summed E-state index contributed by atoms with van der Waals surface area (Å²) in [6, 6.07) is 9.44. The number of phenols is 1. The van der Waals surface area contributed by atoms with E-state index in [2.05, 4.69) is 10.5 Å². The van der Waals surface area contributed by atoms with Gasteiger partial charge in [-0.1, -0.05) is 29.3 Å². The molecule has 0 atom stereocenters. The van der Waals surface area contributed by atoms with Crippen molar-refractivity contribution in [3.8, 4) is 11.5 Å². The third kappa shape index (κ3) is 3.69. The van der Waals surface area contributed by atoms with E-state index in [1.807, 2.05) is 0 Å². The summed E-state index contributed by atoms with van der Waals surface area (Å²) in [7, 11) is 1.45. The molecule has 2 N–H and O–H groups in total. The number of hydrogen-bond acceptors (Lipinski definition) is 4. The van der Waals surface area contributed by atoms with Crippen LogP contribution in [-0.2, 0) is 0 Å². The summed E-state index contributed by atoms with van der Waals surface area (Å²) in [5.74, 6) is -0.186. The average molecular weight is 339 g/mol. The predicted molar refractivity (Wildman–Crippen MR) is 86.2 cm³/mol. The van der Waals surface area contributed by atoms with E-state index in [9.17, 15) is 9.90 Å². The lowest BCUT2D eigenvalue weighted by Crippen LogP contribution is -2.17. The number of benzene rings is 2. The van der Waals surface area contributed by atoms with E-state index in [4.69, 9.17) is 27.9 Å². The number of rotatable bonds is 4. The van der Waals surface area contributed by atoms with Gasteiger partial charge in [0.25, 0.3) is 5.91 Å². The van der Waals surface area contributed by atoms with Gasteiger partial charge in [0.2, 0.25) is 0 Å². The number of hydrogen-bond donors (Lipinski definition) is 2. The molecule has 2 aromatic rings. The molecule has 0 aliphatic heterocycles. The fourth-order valence-electron chi connectivity index (χ4n) is 1.67. The Bertz CT molecular complexity index is 733. The lowest BCUT2D eigenvalue weighted by Gasteiger charge is -2.05. The molecule has 0 radical (unpaired) electrons. The molecule has 7 heteroatoms.